The molecular formula is C14H27N5. The van der Waals surface area contributed by atoms with E-state index in [4.69, 9.17) is 0 Å². The first kappa shape index (κ1) is 15.9. The highest BCUT2D eigenvalue weighted by Gasteiger charge is 2.11. The van der Waals surface area contributed by atoms with Crippen molar-refractivity contribution in [2.45, 2.75) is 20.4 Å². The average Bonchev–Trinajstić information content (AvgIpc) is 2.34. The molecule has 0 aliphatic rings. The summed E-state index contributed by atoms with van der Waals surface area (Å²) in [7, 11) is 6.11. The van der Waals surface area contributed by atoms with Gasteiger partial charge in [0.25, 0.3) is 0 Å². The summed E-state index contributed by atoms with van der Waals surface area (Å²) in [5, 5.41) is 3.11. The summed E-state index contributed by atoms with van der Waals surface area (Å²) in [6.45, 7) is 8.21. The molecule has 0 aromatic carbocycles. The van der Waals surface area contributed by atoms with Gasteiger partial charge in [-0.2, -0.15) is 0 Å². The minimum atomic E-state index is 0.608. The molecule has 0 atom stereocenters. The third kappa shape index (κ3) is 5.98. The SMILES string of the molecule is CNCc1cncc(N(CCN(C)C)CC(C)C)n1. The van der Waals surface area contributed by atoms with Gasteiger partial charge >= 0.3 is 0 Å². The molecule has 5 heteroatoms. The molecule has 0 spiro atoms. The van der Waals surface area contributed by atoms with Gasteiger partial charge in [-0.25, -0.2) is 4.98 Å². The van der Waals surface area contributed by atoms with Crippen LogP contribution in [0.5, 0.6) is 0 Å². The van der Waals surface area contributed by atoms with Crippen molar-refractivity contribution in [1.82, 2.24) is 20.2 Å². The maximum absolute atomic E-state index is 4.68. The molecule has 0 unspecified atom stereocenters. The lowest BCUT2D eigenvalue weighted by molar-refractivity contribution is 0.408. The summed E-state index contributed by atoms with van der Waals surface area (Å²) in [4.78, 5) is 13.5. The van der Waals surface area contributed by atoms with E-state index in [0.29, 0.717) is 5.92 Å². The van der Waals surface area contributed by atoms with E-state index in [-0.39, 0.29) is 0 Å². The lowest BCUT2D eigenvalue weighted by atomic mass is 10.2. The number of likely N-dealkylation sites (N-methyl/N-ethyl adjacent to an activating group) is 1. The minimum absolute atomic E-state index is 0.608. The molecule has 1 aromatic heterocycles. The normalized spacial score (nSPS) is 11.3. The Bertz CT molecular complexity index is 365. The van der Waals surface area contributed by atoms with Crippen LogP contribution in [0.15, 0.2) is 12.4 Å². The van der Waals surface area contributed by atoms with Crippen LogP contribution < -0.4 is 10.2 Å². The van der Waals surface area contributed by atoms with Crippen LogP contribution in [0.1, 0.15) is 19.5 Å². The van der Waals surface area contributed by atoms with Crippen molar-refractivity contribution in [3.8, 4) is 0 Å². The van der Waals surface area contributed by atoms with Crippen molar-refractivity contribution in [3.05, 3.63) is 18.1 Å². The summed E-state index contributed by atoms with van der Waals surface area (Å²) in [5.41, 5.74) is 0.985. The van der Waals surface area contributed by atoms with Crippen molar-refractivity contribution < 1.29 is 0 Å². The van der Waals surface area contributed by atoms with E-state index in [1.54, 1.807) is 0 Å². The second-order valence-electron chi connectivity index (χ2n) is 5.54. The predicted octanol–water partition coefficient (Wildman–Crippen LogP) is 1.22. The van der Waals surface area contributed by atoms with Gasteiger partial charge in [0.15, 0.2) is 0 Å². The second-order valence-corrected chi connectivity index (χ2v) is 5.54. The fraction of sp³-hybridized carbons (Fsp3) is 0.714. The van der Waals surface area contributed by atoms with Gasteiger partial charge < -0.3 is 15.1 Å². The molecule has 108 valence electrons. The highest BCUT2D eigenvalue weighted by molar-refractivity contribution is 5.36. The van der Waals surface area contributed by atoms with Gasteiger partial charge in [-0.3, -0.25) is 4.98 Å². The summed E-state index contributed by atoms with van der Waals surface area (Å²) < 4.78 is 0. The highest BCUT2D eigenvalue weighted by atomic mass is 15.2. The zero-order chi connectivity index (χ0) is 14.3. The third-order valence-corrected chi connectivity index (χ3v) is 2.76. The van der Waals surface area contributed by atoms with Crippen molar-refractivity contribution in [1.29, 1.82) is 0 Å². The van der Waals surface area contributed by atoms with E-state index in [2.05, 4.69) is 53.0 Å². The highest BCUT2D eigenvalue weighted by Crippen LogP contribution is 2.12. The summed E-state index contributed by atoms with van der Waals surface area (Å²) >= 11 is 0. The molecule has 0 fully saturated rings. The maximum atomic E-state index is 4.68. The Kier molecular flexibility index (Phi) is 6.73. The number of aromatic nitrogens is 2. The van der Waals surface area contributed by atoms with Crippen molar-refractivity contribution in [2.24, 2.45) is 5.92 Å². The zero-order valence-corrected chi connectivity index (χ0v) is 12.8. The Morgan fingerprint density at radius 2 is 1.95 bits per heavy atom. The molecule has 5 nitrogen and oxygen atoms in total. The Morgan fingerprint density at radius 1 is 1.21 bits per heavy atom. The van der Waals surface area contributed by atoms with Crippen LogP contribution >= 0.6 is 0 Å². The third-order valence-electron chi connectivity index (χ3n) is 2.76. The van der Waals surface area contributed by atoms with Crippen LogP contribution in [-0.4, -0.2) is 55.6 Å². The largest absolute Gasteiger partial charge is 0.354 e. The molecule has 0 saturated carbocycles. The summed E-state index contributed by atoms with van der Waals surface area (Å²) in [6.07, 6.45) is 3.68. The second kappa shape index (κ2) is 8.07. The van der Waals surface area contributed by atoms with Crippen LogP contribution in [-0.2, 0) is 6.54 Å². The van der Waals surface area contributed by atoms with Gasteiger partial charge in [-0.05, 0) is 27.1 Å². The number of nitrogens with one attached hydrogen (secondary N) is 1. The average molecular weight is 265 g/mol. The van der Waals surface area contributed by atoms with Crippen molar-refractivity contribution >= 4 is 5.82 Å². The molecule has 0 radical (unpaired) electrons. The first-order valence-corrected chi connectivity index (χ1v) is 6.88. The Morgan fingerprint density at radius 3 is 2.53 bits per heavy atom. The van der Waals surface area contributed by atoms with Crippen LogP contribution in [0.3, 0.4) is 0 Å². The Balaban J connectivity index is 2.79. The lowest BCUT2D eigenvalue weighted by Crippen LogP contribution is -2.35. The number of rotatable bonds is 8. The topological polar surface area (TPSA) is 44.3 Å². The monoisotopic (exact) mass is 265 g/mol. The van der Waals surface area contributed by atoms with Crippen LogP contribution in [0.25, 0.3) is 0 Å². The lowest BCUT2D eigenvalue weighted by Gasteiger charge is -2.27. The van der Waals surface area contributed by atoms with Gasteiger partial charge in [0.05, 0.1) is 11.9 Å². The van der Waals surface area contributed by atoms with Crippen LogP contribution in [0.2, 0.25) is 0 Å². The van der Waals surface area contributed by atoms with Crippen LogP contribution in [0.4, 0.5) is 5.82 Å². The molecule has 1 heterocycles. The number of hydrogen-bond donors (Lipinski definition) is 1. The molecule has 0 aliphatic heterocycles. The molecule has 19 heavy (non-hydrogen) atoms. The first-order valence-electron chi connectivity index (χ1n) is 6.88. The molecule has 0 aliphatic carbocycles. The number of anilines is 1. The van der Waals surface area contributed by atoms with E-state index in [1.165, 1.54) is 0 Å². The van der Waals surface area contributed by atoms with E-state index >= 15 is 0 Å². The quantitative estimate of drug-likeness (QED) is 0.765. The van der Waals surface area contributed by atoms with Gasteiger partial charge in [0.1, 0.15) is 5.82 Å². The van der Waals surface area contributed by atoms with E-state index in [1.807, 2.05) is 19.4 Å². The molecule has 0 saturated heterocycles. The smallest absolute Gasteiger partial charge is 0.147 e. The van der Waals surface area contributed by atoms with E-state index < -0.39 is 0 Å². The van der Waals surface area contributed by atoms with E-state index in [9.17, 15) is 0 Å². The Hall–Kier alpha value is -1.20. The number of hydrogen-bond acceptors (Lipinski definition) is 5. The predicted molar refractivity (Wildman–Crippen MR) is 80.4 cm³/mol. The summed E-state index contributed by atoms with van der Waals surface area (Å²) in [5.74, 6) is 1.58. The first-order chi connectivity index (χ1) is 9.02. The van der Waals surface area contributed by atoms with Crippen LogP contribution in [0, 0.1) is 5.92 Å². The van der Waals surface area contributed by atoms with Gasteiger partial charge in [0.2, 0.25) is 0 Å². The molecule has 1 N–H and O–H groups in total. The minimum Gasteiger partial charge on any atom is -0.354 e. The van der Waals surface area contributed by atoms with Gasteiger partial charge in [-0.15, -0.1) is 0 Å². The van der Waals surface area contributed by atoms with Crippen molar-refractivity contribution in [2.75, 3.05) is 45.7 Å². The summed E-state index contributed by atoms with van der Waals surface area (Å²) in [6, 6.07) is 0. The van der Waals surface area contributed by atoms with Gasteiger partial charge in [-0.1, -0.05) is 13.8 Å². The molecule has 1 rings (SSSR count). The van der Waals surface area contributed by atoms with Crippen molar-refractivity contribution in [3.63, 3.8) is 0 Å². The fourth-order valence-electron chi connectivity index (χ4n) is 1.87. The number of nitrogens with zero attached hydrogens (tertiary/aromatic N) is 4. The standard InChI is InChI=1S/C14H27N5/c1-12(2)11-19(7-6-18(4)5)14-10-16-9-13(17-14)8-15-3/h9-10,12,15H,6-8,11H2,1-5H3. The molecule has 0 amide bonds. The Labute approximate surface area is 117 Å². The molecular weight excluding hydrogens is 238 g/mol. The fourth-order valence-corrected chi connectivity index (χ4v) is 1.87. The molecule has 0 bridgehead atoms. The maximum Gasteiger partial charge on any atom is 0.147 e. The van der Waals surface area contributed by atoms with Gasteiger partial charge in [0, 0.05) is 32.4 Å². The molecule has 1 aromatic rings. The van der Waals surface area contributed by atoms with E-state index in [0.717, 1.165) is 37.7 Å². The zero-order valence-electron chi connectivity index (χ0n) is 12.8.